The number of aromatic hydroxyl groups is 1. The van der Waals surface area contributed by atoms with E-state index in [0.717, 1.165) is 0 Å². The number of hydrogen-bond donors (Lipinski definition) is 7. The van der Waals surface area contributed by atoms with Crippen LogP contribution in [0.2, 0.25) is 0 Å². The summed E-state index contributed by atoms with van der Waals surface area (Å²) < 4.78 is 0. The molecule has 33 heavy (non-hydrogen) atoms. The fourth-order valence-corrected chi connectivity index (χ4v) is 3.13. The molecular formula is C20H28N4O8S. The number of rotatable bonds is 14. The van der Waals surface area contributed by atoms with E-state index in [0.29, 0.717) is 17.7 Å². The lowest BCUT2D eigenvalue weighted by Crippen LogP contribution is -2.54. The van der Waals surface area contributed by atoms with Gasteiger partial charge in [0.15, 0.2) is 0 Å². The van der Waals surface area contributed by atoms with Gasteiger partial charge in [-0.1, -0.05) is 12.1 Å². The third kappa shape index (κ3) is 10.7. The Morgan fingerprint density at radius 3 is 2.18 bits per heavy atom. The number of hydrogen-bond acceptors (Lipinski definition) is 8. The molecule has 182 valence electrons. The molecular weight excluding hydrogens is 456 g/mol. The number of carbonyl (C=O) groups is 5. The molecule has 12 nitrogen and oxygen atoms in total. The minimum atomic E-state index is -1.57. The molecule has 1 aromatic rings. The molecule has 1 aromatic carbocycles. The molecule has 3 unspecified atom stereocenters. The second-order valence-electron chi connectivity index (χ2n) is 7.09. The van der Waals surface area contributed by atoms with Gasteiger partial charge in [-0.2, -0.15) is 11.8 Å². The molecule has 0 saturated heterocycles. The van der Waals surface area contributed by atoms with E-state index in [1.54, 1.807) is 0 Å². The SMILES string of the molecule is CSCCC(N)C(=O)NCC(=O)NC(CC(=O)O)C(=O)NC(Cc1ccc(O)cc1)C(=O)O. The standard InChI is InChI=1S/C20H28N4O8S/c1-33-7-6-13(21)18(29)22-10-16(26)23-14(9-17(27)28)19(30)24-15(20(31)32)8-11-2-4-12(25)5-3-11/h2-5,13-15,25H,6-10,21H2,1H3,(H,22,29)(H,23,26)(H,24,30)(H,27,28)(H,31,32). The molecule has 8 N–H and O–H groups in total. The number of aliphatic carboxylic acids is 2. The summed E-state index contributed by atoms with van der Waals surface area (Å²) in [6.07, 6.45) is 1.31. The topological polar surface area (TPSA) is 208 Å². The summed E-state index contributed by atoms with van der Waals surface area (Å²) in [6.45, 7) is -0.537. The predicted octanol–water partition coefficient (Wildman–Crippen LogP) is -1.34. The Labute approximate surface area is 194 Å². The molecule has 0 heterocycles. The summed E-state index contributed by atoms with van der Waals surface area (Å²) in [5, 5.41) is 34.5. The first kappa shape index (κ1) is 27.7. The van der Waals surface area contributed by atoms with Crippen LogP contribution in [-0.2, 0) is 30.4 Å². The summed E-state index contributed by atoms with van der Waals surface area (Å²) >= 11 is 1.50. The summed E-state index contributed by atoms with van der Waals surface area (Å²) in [7, 11) is 0. The van der Waals surface area contributed by atoms with Crippen LogP contribution in [0.15, 0.2) is 24.3 Å². The average molecular weight is 485 g/mol. The van der Waals surface area contributed by atoms with E-state index in [9.17, 15) is 34.2 Å². The highest BCUT2D eigenvalue weighted by Crippen LogP contribution is 2.11. The first-order valence-corrected chi connectivity index (χ1v) is 11.3. The van der Waals surface area contributed by atoms with Crippen molar-refractivity contribution in [1.29, 1.82) is 0 Å². The molecule has 0 spiro atoms. The smallest absolute Gasteiger partial charge is 0.326 e. The number of nitrogens with one attached hydrogen (secondary N) is 3. The van der Waals surface area contributed by atoms with Crippen molar-refractivity contribution >= 4 is 41.4 Å². The third-order valence-corrected chi connectivity index (χ3v) is 5.06. The Morgan fingerprint density at radius 1 is 1.00 bits per heavy atom. The van der Waals surface area contributed by atoms with Gasteiger partial charge in [-0.3, -0.25) is 19.2 Å². The average Bonchev–Trinajstić information content (AvgIpc) is 2.75. The zero-order valence-electron chi connectivity index (χ0n) is 17.9. The number of phenols is 1. The monoisotopic (exact) mass is 484 g/mol. The van der Waals surface area contributed by atoms with E-state index < -0.39 is 60.8 Å². The van der Waals surface area contributed by atoms with Crippen molar-refractivity contribution in [2.24, 2.45) is 5.73 Å². The lowest BCUT2D eigenvalue weighted by molar-refractivity contribution is -0.143. The maximum atomic E-state index is 12.5. The molecule has 0 aliphatic heterocycles. The van der Waals surface area contributed by atoms with Crippen molar-refractivity contribution in [1.82, 2.24) is 16.0 Å². The van der Waals surface area contributed by atoms with Gasteiger partial charge in [0.1, 0.15) is 17.8 Å². The highest BCUT2D eigenvalue weighted by Gasteiger charge is 2.28. The van der Waals surface area contributed by atoms with Gasteiger partial charge < -0.3 is 37.0 Å². The zero-order valence-corrected chi connectivity index (χ0v) is 18.8. The number of carboxylic acids is 2. The number of carboxylic acid groups (broad SMARTS) is 2. The fourth-order valence-electron chi connectivity index (χ4n) is 2.64. The van der Waals surface area contributed by atoms with Crippen molar-refractivity contribution in [3.63, 3.8) is 0 Å². The number of amides is 3. The summed E-state index contributed by atoms with van der Waals surface area (Å²) in [6, 6.07) is 1.85. The second-order valence-corrected chi connectivity index (χ2v) is 8.08. The van der Waals surface area contributed by atoms with Crippen LogP contribution >= 0.6 is 11.8 Å². The van der Waals surface area contributed by atoms with E-state index in [1.807, 2.05) is 6.26 Å². The first-order valence-electron chi connectivity index (χ1n) is 9.88. The molecule has 0 saturated carbocycles. The van der Waals surface area contributed by atoms with E-state index in [1.165, 1.54) is 36.0 Å². The molecule has 0 aliphatic carbocycles. The van der Waals surface area contributed by atoms with E-state index in [-0.39, 0.29) is 12.2 Å². The second kappa shape index (κ2) is 14.0. The Morgan fingerprint density at radius 2 is 1.64 bits per heavy atom. The fraction of sp³-hybridized carbons (Fsp3) is 0.450. The normalized spacial score (nSPS) is 13.3. The van der Waals surface area contributed by atoms with Gasteiger partial charge in [-0.25, -0.2) is 4.79 Å². The van der Waals surface area contributed by atoms with Crippen LogP contribution in [0.4, 0.5) is 0 Å². The van der Waals surface area contributed by atoms with Crippen LogP contribution in [0.25, 0.3) is 0 Å². The van der Waals surface area contributed by atoms with Crippen LogP contribution < -0.4 is 21.7 Å². The van der Waals surface area contributed by atoms with Crippen molar-refractivity contribution in [3.05, 3.63) is 29.8 Å². The largest absolute Gasteiger partial charge is 0.508 e. The maximum absolute atomic E-state index is 12.5. The lowest BCUT2D eigenvalue weighted by atomic mass is 10.0. The van der Waals surface area contributed by atoms with Crippen LogP contribution in [0.5, 0.6) is 5.75 Å². The van der Waals surface area contributed by atoms with Crippen molar-refractivity contribution < 1.29 is 39.3 Å². The van der Waals surface area contributed by atoms with Crippen molar-refractivity contribution in [3.8, 4) is 5.75 Å². The summed E-state index contributed by atoms with van der Waals surface area (Å²) in [4.78, 5) is 59.3. The number of carbonyl (C=O) groups excluding carboxylic acids is 3. The third-order valence-electron chi connectivity index (χ3n) is 4.41. The number of thioether (sulfide) groups is 1. The Hall–Kier alpha value is -3.32. The molecule has 13 heteroatoms. The molecule has 0 radical (unpaired) electrons. The van der Waals surface area contributed by atoms with Gasteiger partial charge in [0.25, 0.3) is 0 Å². The van der Waals surface area contributed by atoms with Gasteiger partial charge >= 0.3 is 11.9 Å². The Kier molecular flexibility index (Phi) is 11.7. The van der Waals surface area contributed by atoms with Crippen LogP contribution in [0, 0.1) is 0 Å². The van der Waals surface area contributed by atoms with E-state index >= 15 is 0 Å². The lowest BCUT2D eigenvalue weighted by Gasteiger charge is -2.21. The summed E-state index contributed by atoms with van der Waals surface area (Å²) in [5.41, 5.74) is 6.19. The molecule has 3 amide bonds. The Balaban J connectivity index is 2.74. The molecule has 0 aliphatic rings. The van der Waals surface area contributed by atoms with Gasteiger partial charge in [-0.05, 0) is 36.1 Å². The van der Waals surface area contributed by atoms with Crippen LogP contribution in [0.1, 0.15) is 18.4 Å². The van der Waals surface area contributed by atoms with E-state index in [2.05, 4.69) is 16.0 Å². The first-order chi connectivity index (χ1) is 15.5. The van der Waals surface area contributed by atoms with Crippen molar-refractivity contribution in [2.45, 2.75) is 37.4 Å². The van der Waals surface area contributed by atoms with Gasteiger partial charge in [0.2, 0.25) is 17.7 Å². The number of nitrogens with two attached hydrogens (primary N) is 1. The molecule has 0 bridgehead atoms. The highest BCUT2D eigenvalue weighted by molar-refractivity contribution is 7.98. The highest BCUT2D eigenvalue weighted by atomic mass is 32.2. The molecule has 3 atom stereocenters. The van der Waals surface area contributed by atoms with Gasteiger partial charge in [0, 0.05) is 6.42 Å². The predicted molar refractivity (Wildman–Crippen MR) is 120 cm³/mol. The quantitative estimate of drug-likeness (QED) is 0.165. The number of phenolic OH excluding ortho intramolecular Hbond substituents is 1. The molecule has 1 rings (SSSR count). The zero-order chi connectivity index (χ0) is 25.0. The van der Waals surface area contributed by atoms with Gasteiger partial charge in [-0.15, -0.1) is 0 Å². The molecule has 0 aromatic heterocycles. The van der Waals surface area contributed by atoms with Gasteiger partial charge in [0.05, 0.1) is 19.0 Å². The molecule has 0 fully saturated rings. The number of benzene rings is 1. The van der Waals surface area contributed by atoms with E-state index in [4.69, 9.17) is 10.8 Å². The van der Waals surface area contributed by atoms with Crippen molar-refractivity contribution in [2.75, 3.05) is 18.6 Å². The minimum Gasteiger partial charge on any atom is -0.508 e. The minimum absolute atomic E-state index is 0.0174. The Bertz CT molecular complexity index is 849. The van der Waals surface area contributed by atoms with Crippen LogP contribution in [0.3, 0.4) is 0 Å². The maximum Gasteiger partial charge on any atom is 0.326 e. The summed E-state index contributed by atoms with van der Waals surface area (Å²) in [5.74, 6) is -4.56. The van der Waals surface area contributed by atoms with Crippen LogP contribution in [-0.4, -0.2) is 81.7 Å².